The Bertz CT molecular complexity index is 472. The Hall–Kier alpha value is -1.62. The zero-order valence-corrected chi connectivity index (χ0v) is 10.9. The van der Waals surface area contributed by atoms with Crippen molar-refractivity contribution in [2.45, 2.75) is 19.3 Å². The average Bonchev–Trinajstić information content (AvgIpc) is 2.31. The van der Waals surface area contributed by atoms with E-state index in [-0.39, 0.29) is 0 Å². The molecule has 102 valence electrons. The summed E-state index contributed by atoms with van der Waals surface area (Å²) in [4.78, 5) is 17.3. The maximum Gasteiger partial charge on any atom is 0.267 e. The van der Waals surface area contributed by atoms with Crippen LogP contribution in [0.1, 0.15) is 29.8 Å². The van der Waals surface area contributed by atoms with Gasteiger partial charge in [0.2, 0.25) is 0 Å². The van der Waals surface area contributed by atoms with Gasteiger partial charge in [-0.1, -0.05) is 0 Å². The van der Waals surface area contributed by atoms with Crippen LogP contribution in [-0.4, -0.2) is 35.7 Å². The summed E-state index contributed by atoms with van der Waals surface area (Å²) in [5.74, 6) is 0.222. The molecule has 1 aromatic heterocycles. The van der Waals surface area contributed by atoms with E-state index in [1.807, 2.05) is 6.07 Å². The van der Waals surface area contributed by atoms with E-state index in [0.29, 0.717) is 23.6 Å². The molecule has 2 aliphatic rings. The van der Waals surface area contributed by atoms with Gasteiger partial charge in [0.15, 0.2) is 0 Å². The standard InChI is InChI=1S/C14H19N3O2/c15-13(19)12-2-1-11(7-16-12)17-8-14(9-17)5-10(6-14)3-4-18/h1-2,7,10,18H,3-6,8-9H2,(H2,15,19). The minimum Gasteiger partial charge on any atom is -0.396 e. The van der Waals surface area contributed by atoms with E-state index in [2.05, 4.69) is 9.88 Å². The molecule has 1 aliphatic heterocycles. The molecular weight excluding hydrogens is 242 g/mol. The highest BCUT2D eigenvalue weighted by molar-refractivity contribution is 5.90. The highest BCUT2D eigenvalue weighted by Crippen LogP contribution is 2.53. The number of hydrogen-bond donors (Lipinski definition) is 2. The number of anilines is 1. The second-order valence-corrected chi connectivity index (χ2v) is 5.91. The van der Waals surface area contributed by atoms with Crippen LogP contribution in [0.2, 0.25) is 0 Å². The lowest BCUT2D eigenvalue weighted by atomic mass is 9.57. The molecular formula is C14H19N3O2. The van der Waals surface area contributed by atoms with E-state index in [9.17, 15) is 4.79 Å². The minimum atomic E-state index is -0.488. The lowest BCUT2D eigenvalue weighted by molar-refractivity contribution is 0.0111. The first-order valence-electron chi connectivity index (χ1n) is 6.74. The molecule has 1 amide bonds. The predicted octanol–water partition coefficient (Wildman–Crippen LogP) is 0.779. The molecule has 1 aromatic rings. The third kappa shape index (κ3) is 2.18. The summed E-state index contributed by atoms with van der Waals surface area (Å²) in [6, 6.07) is 3.59. The lowest BCUT2D eigenvalue weighted by Crippen LogP contribution is -2.62. The number of carbonyl (C=O) groups is 1. The molecule has 1 saturated heterocycles. The Morgan fingerprint density at radius 1 is 1.47 bits per heavy atom. The Kier molecular flexibility index (Phi) is 2.93. The molecule has 2 heterocycles. The van der Waals surface area contributed by atoms with Gasteiger partial charge in [0.1, 0.15) is 5.69 Å². The van der Waals surface area contributed by atoms with E-state index in [1.165, 1.54) is 12.8 Å². The number of carbonyl (C=O) groups excluding carboxylic acids is 1. The van der Waals surface area contributed by atoms with Crippen LogP contribution in [0.4, 0.5) is 5.69 Å². The van der Waals surface area contributed by atoms with Gasteiger partial charge in [0.25, 0.3) is 5.91 Å². The third-order valence-electron chi connectivity index (χ3n) is 4.40. The molecule has 5 heteroatoms. The van der Waals surface area contributed by atoms with Crippen molar-refractivity contribution in [3.05, 3.63) is 24.0 Å². The zero-order chi connectivity index (χ0) is 13.5. The van der Waals surface area contributed by atoms with Crippen molar-refractivity contribution in [2.75, 3.05) is 24.6 Å². The molecule has 0 radical (unpaired) electrons. The number of nitrogens with zero attached hydrogens (tertiary/aromatic N) is 2. The number of primary amides is 1. The molecule has 2 fully saturated rings. The predicted molar refractivity (Wildman–Crippen MR) is 71.8 cm³/mol. The fourth-order valence-electron chi connectivity index (χ4n) is 3.47. The summed E-state index contributed by atoms with van der Waals surface area (Å²) in [6.45, 7) is 2.43. The van der Waals surface area contributed by atoms with Crippen molar-refractivity contribution < 1.29 is 9.90 Å². The Morgan fingerprint density at radius 2 is 2.21 bits per heavy atom. The largest absolute Gasteiger partial charge is 0.396 e. The second kappa shape index (κ2) is 4.49. The Labute approximate surface area is 112 Å². The summed E-state index contributed by atoms with van der Waals surface area (Å²) < 4.78 is 0. The van der Waals surface area contributed by atoms with Gasteiger partial charge in [-0.2, -0.15) is 0 Å². The fraction of sp³-hybridized carbons (Fsp3) is 0.571. The van der Waals surface area contributed by atoms with Crippen LogP contribution in [0.3, 0.4) is 0 Å². The number of rotatable bonds is 4. The number of pyridine rings is 1. The number of nitrogens with two attached hydrogens (primary N) is 1. The van der Waals surface area contributed by atoms with Gasteiger partial charge < -0.3 is 15.7 Å². The second-order valence-electron chi connectivity index (χ2n) is 5.91. The molecule has 1 saturated carbocycles. The van der Waals surface area contributed by atoms with Gasteiger partial charge in [-0.15, -0.1) is 0 Å². The summed E-state index contributed by atoms with van der Waals surface area (Å²) in [5.41, 5.74) is 7.01. The third-order valence-corrected chi connectivity index (χ3v) is 4.40. The molecule has 0 unspecified atom stereocenters. The first-order chi connectivity index (χ1) is 9.12. The van der Waals surface area contributed by atoms with Gasteiger partial charge in [0, 0.05) is 25.1 Å². The molecule has 5 nitrogen and oxygen atoms in total. The highest BCUT2D eigenvalue weighted by Gasteiger charge is 2.51. The van der Waals surface area contributed by atoms with Gasteiger partial charge in [-0.3, -0.25) is 4.79 Å². The van der Waals surface area contributed by atoms with Gasteiger partial charge >= 0.3 is 0 Å². The van der Waals surface area contributed by atoms with E-state index in [0.717, 1.165) is 25.2 Å². The molecule has 3 rings (SSSR count). The van der Waals surface area contributed by atoms with Crippen LogP contribution in [0.25, 0.3) is 0 Å². The average molecular weight is 261 g/mol. The normalized spacial score (nSPS) is 21.0. The quantitative estimate of drug-likeness (QED) is 0.839. The summed E-state index contributed by atoms with van der Waals surface area (Å²) >= 11 is 0. The first-order valence-corrected chi connectivity index (χ1v) is 6.74. The van der Waals surface area contributed by atoms with Crippen LogP contribution in [0.15, 0.2) is 18.3 Å². The van der Waals surface area contributed by atoms with Crippen LogP contribution < -0.4 is 10.6 Å². The summed E-state index contributed by atoms with van der Waals surface area (Å²) in [7, 11) is 0. The molecule has 0 atom stereocenters. The molecule has 1 spiro atoms. The summed E-state index contributed by atoms with van der Waals surface area (Å²) in [6.07, 6.45) is 5.13. The molecule has 0 aromatic carbocycles. The van der Waals surface area contributed by atoms with Crippen LogP contribution in [-0.2, 0) is 0 Å². The van der Waals surface area contributed by atoms with E-state index in [1.54, 1.807) is 12.3 Å². The SMILES string of the molecule is NC(=O)c1ccc(N2CC3(CC(CCO)C3)C2)cn1. The highest BCUT2D eigenvalue weighted by atomic mass is 16.3. The molecule has 3 N–H and O–H groups in total. The topological polar surface area (TPSA) is 79.5 Å². The molecule has 1 aliphatic carbocycles. The number of aliphatic hydroxyl groups is 1. The van der Waals surface area contributed by atoms with E-state index < -0.39 is 5.91 Å². The fourth-order valence-corrected chi connectivity index (χ4v) is 3.47. The maximum atomic E-state index is 10.9. The lowest BCUT2D eigenvalue weighted by Gasteiger charge is -2.60. The van der Waals surface area contributed by atoms with Gasteiger partial charge in [-0.05, 0) is 37.3 Å². The number of amides is 1. The zero-order valence-electron chi connectivity index (χ0n) is 10.9. The van der Waals surface area contributed by atoms with E-state index in [4.69, 9.17) is 10.8 Å². The van der Waals surface area contributed by atoms with Crippen molar-refractivity contribution in [3.8, 4) is 0 Å². The minimum absolute atomic E-state index is 0.308. The van der Waals surface area contributed by atoms with Crippen molar-refractivity contribution in [1.82, 2.24) is 4.98 Å². The summed E-state index contributed by atoms with van der Waals surface area (Å²) in [5, 5.41) is 8.91. The van der Waals surface area contributed by atoms with Crippen LogP contribution in [0.5, 0.6) is 0 Å². The van der Waals surface area contributed by atoms with Crippen molar-refractivity contribution in [3.63, 3.8) is 0 Å². The maximum absolute atomic E-state index is 10.9. The van der Waals surface area contributed by atoms with E-state index >= 15 is 0 Å². The van der Waals surface area contributed by atoms with Crippen molar-refractivity contribution in [1.29, 1.82) is 0 Å². The monoisotopic (exact) mass is 261 g/mol. The van der Waals surface area contributed by atoms with Crippen molar-refractivity contribution >= 4 is 11.6 Å². The van der Waals surface area contributed by atoms with Crippen LogP contribution in [0, 0.1) is 11.3 Å². The molecule has 0 bridgehead atoms. The first kappa shape index (κ1) is 12.4. The van der Waals surface area contributed by atoms with Crippen molar-refractivity contribution in [2.24, 2.45) is 17.1 Å². The van der Waals surface area contributed by atoms with Crippen LogP contribution >= 0.6 is 0 Å². The van der Waals surface area contributed by atoms with Gasteiger partial charge in [0.05, 0.1) is 11.9 Å². The number of hydrogen-bond acceptors (Lipinski definition) is 4. The Morgan fingerprint density at radius 3 is 2.74 bits per heavy atom. The number of aromatic nitrogens is 1. The molecule has 19 heavy (non-hydrogen) atoms. The Balaban J connectivity index is 1.55. The smallest absolute Gasteiger partial charge is 0.267 e. The number of aliphatic hydroxyl groups excluding tert-OH is 1. The van der Waals surface area contributed by atoms with Gasteiger partial charge in [-0.25, -0.2) is 4.98 Å².